The van der Waals surface area contributed by atoms with E-state index in [0.29, 0.717) is 6.61 Å². The van der Waals surface area contributed by atoms with Crippen LogP contribution in [0, 0.1) is 0 Å². The predicted molar refractivity (Wildman–Crippen MR) is 53.8 cm³/mol. The van der Waals surface area contributed by atoms with Crippen LogP contribution in [0.5, 0.6) is 0 Å². The second kappa shape index (κ2) is 8.12. The third-order valence-corrected chi connectivity index (χ3v) is 2.23. The number of ether oxygens (including phenoxy) is 1. The summed E-state index contributed by atoms with van der Waals surface area (Å²) < 4.78 is 29.0. The largest absolute Gasteiger partial charge is 0.383 e. The Labute approximate surface area is 85.2 Å². The lowest BCUT2D eigenvalue weighted by atomic mass is 10.2. The van der Waals surface area contributed by atoms with Gasteiger partial charge >= 0.3 is 0 Å². The molecule has 0 unspecified atom stereocenters. The molecule has 0 aromatic rings. The lowest BCUT2D eigenvalue weighted by Crippen LogP contribution is -2.36. The topological polar surface area (TPSA) is 12.5 Å². The standard InChI is InChI=1S/C8H15F2NO.C2H6/c1-12-6-7-3-2-4-11(7)5-8(9)10;1-2/h7-8H,2-6H2,1H3;1-2H3/t7-;/m1./s1. The fourth-order valence-electron chi connectivity index (χ4n) is 1.69. The number of methoxy groups -OCH3 is 1. The molecule has 0 amide bonds. The molecule has 14 heavy (non-hydrogen) atoms. The summed E-state index contributed by atoms with van der Waals surface area (Å²) >= 11 is 0. The van der Waals surface area contributed by atoms with Gasteiger partial charge in [0.1, 0.15) is 0 Å². The molecule has 2 nitrogen and oxygen atoms in total. The third-order valence-electron chi connectivity index (χ3n) is 2.23. The normalized spacial score (nSPS) is 22.3. The molecule has 0 radical (unpaired) electrons. The molecule has 4 heteroatoms. The number of likely N-dealkylation sites (tertiary alicyclic amines) is 1. The summed E-state index contributed by atoms with van der Waals surface area (Å²) in [5.74, 6) is 0. The van der Waals surface area contributed by atoms with E-state index in [1.165, 1.54) is 0 Å². The summed E-state index contributed by atoms with van der Waals surface area (Å²) in [5.41, 5.74) is 0. The van der Waals surface area contributed by atoms with E-state index in [9.17, 15) is 8.78 Å². The van der Waals surface area contributed by atoms with Crippen molar-refractivity contribution in [1.82, 2.24) is 4.90 Å². The van der Waals surface area contributed by atoms with Crippen molar-refractivity contribution in [1.29, 1.82) is 0 Å². The summed E-state index contributed by atoms with van der Waals surface area (Å²) in [6, 6.07) is 0.212. The van der Waals surface area contributed by atoms with Crippen molar-refractivity contribution in [2.75, 3.05) is 26.8 Å². The molecule has 1 saturated heterocycles. The molecule has 0 N–H and O–H groups in total. The summed E-state index contributed by atoms with van der Waals surface area (Å²) in [6.07, 6.45) is -0.219. The van der Waals surface area contributed by atoms with E-state index < -0.39 is 6.43 Å². The number of hydrogen-bond donors (Lipinski definition) is 0. The highest BCUT2D eigenvalue weighted by molar-refractivity contribution is 4.78. The van der Waals surface area contributed by atoms with Crippen LogP contribution >= 0.6 is 0 Å². The fraction of sp³-hybridized carbons (Fsp3) is 1.00. The van der Waals surface area contributed by atoms with Crippen molar-refractivity contribution in [3.63, 3.8) is 0 Å². The number of rotatable bonds is 4. The van der Waals surface area contributed by atoms with Gasteiger partial charge in [0.2, 0.25) is 0 Å². The van der Waals surface area contributed by atoms with Crippen LogP contribution < -0.4 is 0 Å². The van der Waals surface area contributed by atoms with Crippen LogP contribution in [0.25, 0.3) is 0 Å². The van der Waals surface area contributed by atoms with Crippen LogP contribution in [0.15, 0.2) is 0 Å². The molecular weight excluding hydrogens is 188 g/mol. The first-order chi connectivity index (χ1) is 6.74. The zero-order chi connectivity index (χ0) is 11.0. The van der Waals surface area contributed by atoms with Crippen molar-refractivity contribution < 1.29 is 13.5 Å². The van der Waals surface area contributed by atoms with E-state index in [1.807, 2.05) is 18.7 Å². The molecular formula is C10H21F2NO. The minimum absolute atomic E-state index is 0.103. The second-order valence-corrected chi connectivity index (χ2v) is 3.14. The van der Waals surface area contributed by atoms with Crippen LogP contribution in [0.4, 0.5) is 8.78 Å². The van der Waals surface area contributed by atoms with Gasteiger partial charge in [-0.15, -0.1) is 0 Å². The first-order valence-electron chi connectivity index (χ1n) is 5.25. The zero-order valence-corrected chi connectivity index (χ0v) is 9.30. The minimum atomic E-state index is -2.22. The number of hydrogen-bond acceptors (Lipinski definition) is 2. The average molecular weight is 209 g/mol. The first-order valence-corrected chi connectivity index (χ1v) is 5.25. The molecule has 0 aromatic carbocycles. The predicted octanol–water partition coefficient (Wildman–Crippen LogP) is 2.39. The molecule has 0 aliphatic carbocycles. The van der Waals surface area contributed by atoms with Gasteiger partial charge in [0.25, 0.3) is 6.43 Å². The first kappa shape index (κ1) is 13.8. The van der Waals surface area contributed by atoms with E-state index >= 15 is 0 Å². The van der Waals surface area contributed by atoms with Crippen molar-refractivity contribution >= 4 is 0 Å². The molecule has 1 heterocycles. The van der Waals surface area contributed by atoms with Gasteiger partial charge in [-0.1, -0.05) is 13.8 Å². The van der Waals surface area contributed by atoms with Crippen LogP contribution in [0.1, 0.15) is 26.7 Å². The minimum Gasteiger partial charge on any atom is -0.383 e. The molecule has 1 aliphatic rings. The molecule has 1 aliphatic heterocycles. The van der Waals surface area contributed by atoms with Gasteiger partial charge < -0.3 is 4.74 Å². The summed E-state index contributed by atoms with van der Waals surface area (Å²) in [5, 5.41) is 0. The maximum atomic E-state index is 12.0. The quantitative estimate of drug-likeness (QED) is 0.705. The molecule has 86 valence electrons. The highest BCUT2D eigenvalue weighted by Gasteiger charge is 2.26. The number of alkyl halides is 2. The number of halogens is 2. The van der Waals surface area contributed by atoms with Crippen molar-refractivity contribution in [2.45, 2.75) is 39.2 Å². The Hall–Kier alpha value is -0.220. The van der Waals surface area contributed by atoms with Gasteiger partial charge in [0, 0.05) is 13.2 Å². The van der Waals surface area contributed by atoms with Crippen LogP contribution in [0.2, 0.25) is 0 Å². The third kappa shape index (κ3) is 4.86. The molecule has 0 spiro atoms. The molecule has 0 aromatic heterocycles. The van der Waals surface area contributed by atoms with Gasteiger partial charge in [-0.3, -0.25) is 4.90 Å². The van der Waals surface area contributed by atoms with Crippen molar-refractivity contribution in [3.8, 4) is 0 Å². The Morgan fingerprint density at radius 2 is 2.07 bits per heavy atom. The monoisotopic (exact) mass is 209 g/mol. The highest BCUT2D eigenvalue weighted by Crippen LogP contribution is 2.18. The van der Waals surface area contributed by atoms with Crippen molar-refractivity contribution in [3.05, 3.63) is 0 Å². The molecule has 1 fully saturated rings. The molecule has 0 saturated carbocycles. The SMILES string of the molecule is CC.COC[C@H]1CCCN1CC(F)F. The Kier molecular flexibility index (Phi) is 7.99. The smallest absolute Gasteiger partial charge is 0.251 e. The van der Waals surface area contributed by atoms with Crippen LogP contribution in [-0.2, 0) is 4.74 Å². The van der Waals surface area contributed by atoms with E-state index in [2.05, 4.69) is 0 Å². The van der Waals surface area contributed by atoms with Gasteiger partial charge in [-0.05, 0) is 19.4 Å². The zero-order valence-electron chi connectivity index (χ0n) is 9.30. The van der Waals surface area contributed by atoms with E-state index in [4.69, 9.17) is 4.74 Å². The average Bonchev–Trinajstić information content (AvgIpc) is 2.56. The van der Waals surface area contributed by atoms with Gasteiger partial charge in [-0.2, -0.15) is 0 Å². The fourth-order valence-corrected chi connectivity index (χ4v) is 1.69. The second-order valence-electron chi connectivity index (χ2n) is 3.14. The number of nitrogens with zero attached hydrogens (tertiary/aromatic N) is 1. The van der Waals surface area contributed by atoms with Gasteiger partial charge in [-0.25, -0.2) is 8.78 Å². The summed E-state index contributed by atoms with van der Waals surface area (Å²) in [6.45, 7) is 5.26. The lowest BCUT2D eigenvalue weighted by Gasteiger charge is -2.22. The van der Waals surface area contributed by atoms with E-state index in [0.717, 1.165) is 19.4 Å². The Morgan fingerprint density at radius 3 is 2.57 bits per heavy atom. The highest BCUT2D eigenvalue weighted by atomic mass is 19.3. The van der Waals surface area contributed by atoms with E-state index in [-0.39, 0.29) is 12.6 Å². The maximum absolute atomic E-state index is 12.0. The van der Waals surface area contributed by atoms with Crippen LogP contribution in [0.3, 0.4) is 0 Å². The Bertz CT molecular complexity index is 133. The maximum Gasteiger partial charge on any atom is 0.251 e. The van der Waals surface area contributed by atoms with Crippen molar-refractivity contribution in [2.24, 2.45) is 0 Å². The Morgan fingerprint density at radius 1 is 1.43 bits per heavy atom. The molecule has 0 bridgehead atoms. The summed E-state index contributed by atoms with van der Waals surface area (Å²) in [7, 11) is 1.61. The van der Waals surface area contributed by atoms with Gasteiger partial charge in [0.05, 0.1) is 13.2 Å². The van der Waals surface area contributed by atoms with E-state index in [1.54, 1.807) is 7.11 Å². The Balaban J connectivity index is 0.000000791. The molecule has 1 rings (SSSR count). The van der Waals surface area contributed by atoms with Crippen LogP contribution in [-0.4, -0.2) is 44.2 Å². The van der Waals surface area contributed by atoms with Gasteiger partial charge in [0.15, 0.2) is 0 Å². The molecule has 1 atom stereocenters. The summed E-state index contributed by atoms with van der Waals surface area (Å²) in [4.78, 5) is 1.81. The lowest BCUT2D eigenvalue weighted by molar-refractivity contribution is 0.0555.